The number of hydrogen-bond acceptors (Lipinski definition) is 4. The quantitative estimate of drug-likeness (QED) is 0.599. The Balaban J connectivity index is 2.08. The number of ether oxygens (including phenoxy) is 2. The molecule has 0 fully saturated rings. The van der Waals surface area contributed by atoms with E-state index in [4.69, 9.17) is 9.47 Å². The Morgan fingerprint density at radius 3 is 2.60 bits per heavy atom. The lowest BCUT2D eigenvalue weighted by atomic mass is 9.69. The Morgan fingerprint density at radius 2 is 1.92 bits per heavy atom. The summed E-state index contributed by atoms with van der Waals surface area (Å²) in [5, 5.41) is 0. The van der Waals surface area contributed by atoms with Crippen molar-refractivity contribution in [2.24, 2.45) is 5.41 Å². The van der Waals surface area contributed by atoms with Crippen LogP contribution < -0.4 is 4.74 Å². The van der Waals surface area contributed by atoms with Crippen molar-refractivity contribution in [1.82, 2.24) is 0 Å². The first kappa shape index (κ1) is 17.7. The van der Waals surface area contributed by atoms with E-state index in [1.54, 1.807) is 14.0 Å². The first-order valence-corrected chi connectivity index (χ1v) is 9.00. The second-order valence-electron chi connectivity index (χ2n) is 7.31. The third-order valence-corrected chi connectivity index (χ3v) is 5.55. The standard InChI is InChI=1S/C21H26O4/c1-5-25-19(23)12-17(22)15-7-9-21(3)8-6-14-16(20(15)21)10-13(2)11-18(14)24-4/h10-11H,5-9,12H2,1-4H3. The van der Waals surface area contributed by atoms with Crippen LogP contribution >= 0.6 is 0 Å². The molecule has 0 heterocycles. The van der Waals surface area contributed by atoms with Crippen molar-refractivity contribution < 1.29 is 19.1 Å². The minimum absolute atomic E-state index is 0.00542. The van der Waals surface area contributed by atoms with Crippen molar-refractivity contribution in [2.45, 2.75) is 52.9 Å². The van der Waals surface area contributed by atoms with Crippen LogP contribution in [0.3, 0.4) is 0 Å². The molecule has 1 aromatic rings. The van der Waals surface area contributed by atoms with E-state index in [2.05, 4.69) is 19.1 Å². The maximum absolute atomic E-state index is 12.8. The molecule has 4 heteroatoms. The summed E-state index contributed by atoms with van der Waals surface area (Å²) in [6.45, 7) is 6.34. The van der Waals surface area contributed by atoms with Crippen molar-refractivity contribution in [3.8, 4) is 5.75 Å². The van der Waals surface area contributed by atoms with Crippen LogP contribution in [0.15, 0.2) is 17.7 Å². The van der Waals surface area contributed by atoms with Gasteiger partial charge in [0.15, 0.2) is 5.78 Å². The molecule has 0 spiro atoms. The molecule has 25 heavy (non-hydrogen) atoms. The number of ketones is 1. The van der Waals surface area contributed by atoms with Gasteiger partial charge in [0, 0.05) is 11.1 Å². The van der Waals surface area contributed by atoms with Crippen LogP contribution in [-0.4, -0.2) is 25.5 Å². The average molecular weight is 342 g/mol. The van der Waals surface area contributed by atoms with Gasteiger partial charge in [-0.15, -0.1) is 0 Å². The lowest BCUT2D eigenvalue weighted by molar-refractivity contribution is -0.144. The molecule has 0 aromatic heterocycles. The van der Waals surface area contributed by atoms with Gasteiger partial charge in [0.25, 0.3) is 0 Å². The monoisotopic (exact) mass is 342 g/mol. The molecule has 2 aliphatic carbocycles. The normalized spacial score (nSPS) is 21.6. The summed E-state index contributed by atoms with van der Waals surface area (Å²) >= 11 is 0. The van der Waals surface area contributed by atoms with Crippen molar-refractivity contribution in [3.63, 3.8) is 0 Å². The molecule has 134 valence electrons. The SMILES string of the molecule is CCOC(=O)CC(=O)C1=C2c3cc(C)cc(OC)c3CCC2(C)CC1. The summed E-state index contributed by atoms with van der Waals surface area (Å²) in [6.07, 6.45) is 3.49. The lowest BCUT2D eigenvalue weighted by Crippen LogP contribution is -2.23. The summed E-state index contributed by atoms with van der Waals surface area (Å²) in [6, 6.07) is 4.21. The summed E-state index contributed by atoms with van der Waals surface area (Å²) < 4.78 is 10.5. The molecule has 1 unspecified atom stereocenters. The number of rotatable bonds is 5. The fourth-order valence-electron chi connectivity index (χ4n) is 4.33. The molecule has 2 aliphatic rings. The highest BCUT2D eigenvalue weighted by atomic mass is 16.5. The van der Waals surface area contributed by atoms with Gasteiger partial charge >= 0.3 is 5.97 Å². The van der Waals surface area contributed by atoms with Crippen LogP contribution in [-0.2, 0) is 20.7 Å². The Kier molecular flexibility index (Phi) is 4.72. The zero-order chi connectivity index (χ0) is 18.2. The number of hydrogen-bond donors (Lipinski definition) is 0. The maximum atomic E-state index is 12.8. The van der Waals surface area contributed by atoms with Gasteiger partial charge in [0.2, 0.25) is 0 Å². The zero-order valence-electron chi connectivity index (χ0n) is 15.5. The number of carbonyl (C=O) groups is 2. The molecule has 0 bridgehead atoms. The largest absolute Gasteiger partial charge is 0.496 e. The minimum atomic E-state index is -0.438. The van der Waals surface area contributed by atoms with Crippen molar-refractivity contribution in [2.75, 3.05) is 13.7 Å². The van der Waals surface area contributed by atoms with Gasteiger partial charge in [-0.3, -0.25) is 9.59 Å². The van der Waals surface area contributed by atoms with Gasteiger partial charge in [0.05, 0.1) is 13.7 Å². The van der Waals surface area contributed by atoms with Crippen molar-refractivity contribution in [3.05, 3.63) is 34.4 Å². The van der Waals surface area contributed by atoms with Crippen molar-refractivity contribution in [1.29, 1.82) is 0 Å². The number of carbonyl (C=O) groups excluding carboxylic acids is 2. The Bertz CT molecular complexity index is 759. The molecule has 0 radical (unpaired) electrons. The van der Waals surface area contributed by atoms with E-state index in [-0.39, 0.29) is 17.6 Å². The van der Waals surface area contributed by atoms with Gasteiger partial charge in [-0.1, -0.05) is 13.0 Å². The van der Waals surface area contributed by atoms with Crippen LogP contribution in [0.5, 0.6) is 5.75 Å². The second-order valence-corrected chi connectivity index (χ2v) is 7.31. The third-order valence-electron chi connectivity index (χ3n) is 5.55. The average Bonchev–Trinajstić information content (AvgIpc) is 2.92. The predicted octanol–water partition coefficient (Wildman–Crippen LogP) is 4.03. The van der Waals surface area contributed by atoms with E-state index in [0.717, 1.165) is 53.7 Å². The maximum Gasteiger partial charge on any atom is 0.313 e. The molecule has 3 rings (SSSR count). The van der Waals surface area contributed by atoms with E-state index < -0.39 is 5.97 Å². The van der Waals surface area contributed by atoms with Crippen LogP contribution in [0.25, 0.3) is 5.57 Å². The number of methoxy groups -OCH3 is 1. The van der Waals surface area contributed by atoms with Crippen molar-refractivity contribution >= 4 is 17.3 Å². The number of esters is 1. The minimum Gasteiger partial charge on any atom is -0.496 e. The highest BCUT2D eigenvalue weighted by molar-refractivity contribution is 6.11. The first-order valence-electron chi connectivity index (χ1n) is 9.00. The number of benzene rings is 1. The number of Topliss-reactive ketones (excluding diaryl/α,β-unsaturated/α-hetero) is 1. The zero-order valence-corrected chi connectivity index (χ0v) is 15.5. The highest BCUT2D eigenvalue weighted by Crippen LogP contribution is 2.56. The van der Waals surface area contributed by atoms with Crippen LogP contribution in [0.4, 0.5) is 0 Å². The number of allylic oxidation sites excluding steroid dienone is 2. The molecule has 1 aromatic carbocycles. The molecule has 1 atom stereocenters. The van der Waals surface area contributed by atoms with E-state index >= 15 is 0 Å². The molecule has 0 saturated carbocycles. The molecule has 0 N–H and O–H groups in total. The van der Waals surface area contributed by atoms with Gasteiger partial charge in [-0.2, -0.15) is 0 Å². The third kappa shape index (κ3) is 3.10. The Labute approximate surface area is 149 Å². The topological polar surface area (TPSA) is 52.6 Å². The summed E-state index contributed by atoms with van der Waals surface area (Å²) in [5.41, 5.74) is 5.38. The molecule has 0 aliphatic heterocycles. The number of aryl methyl sites for hydroxylation is 1. The summed E-state index contributed by atoms with van der Waals surface area (Å²) in [4.78, 5) is 24.6. The Morgan fingerprint density at radius 1 is 1.20 bits per heavy atom. The molecular formula is C21H26O4. The van der Waals surface area contributed by atoms with Gasteiger partial charge in [-0.05, 0) is 67.7 Å². The molecule has 0 saturated heterocycles. The van der Waals surface area contributed by atoms with Crippen LogP contribution in [0.2, 0.25) is 0 Å². The number of fused-ring (bicyclic) bond motifs is 3. The second kappa shape index (κ2) is 6.66. The van der Waals surface area contributed by atoms with E-state index in [1.807, 2.05) is 6.92 Å². The smallest absolute Gasteiger partial charge is 0.313 e. The van der Waals surface area contributed by atoms with E-state index in [0.29, 0.717) is 6.61 Å². The van der Waals surface area contributed by atoms with Crippen LogP contribution in [0.1, 0.15) is 56.2 Å². The summed E-state index contributed by atoms with van der Waals surface area (Å²) in [7, 11) is 1.69. The summed E-state index contributed by atoms with van der Waals surface area (Å²) in [5.74, 6) is 0.367. The van der Waals surface area contributed by atoms with E-state index in [9.17, 15) is 9.59 Å². The fraction of sp³-hybridized carbons (Fsp3) is 0.524. The first-order chi connectivity index (χ1) is 11.9. The van der Waals surface area contributed by atoms with Crippen LogP contribution in [0, 0.1) is 12.3 Å². The van der Waals surface area contributed by atoms with E-state index in [1.165, 1.54) is 5.56 Å². The van der Waals surface area contributed by atoms with Gasteiger partial charge < -0.3 is 9.47 Å². The molecule has 4 nitrogen and oxygen atoms in total. The highest BCUT2D eigenvalue weighted by Gasteiger charge is 2.43. The Hall–Kier alpha value is -2.10. The molecule has 0 amide bonds. The predicted molar refractivity (Wildman–Crippen MR) is 96.6 cm³/mol. The van der Waals surface area contributed by atoms with Gasteiger partial charge in [0.1, 0.15) is 12.2 Å². The molecular weight excluding hydrogens is 316 g/mol. The lowest BCUT2D eigenvalue weighted by Gasteiger charge is -2.35. The fourth-order valence-corrected chi connectivity index (χ4v) is 4.33. The van der Waals surface area contributed by atoms with Gasteiger partial charge in [-0.25, -0.2) is 0 Å².